The van der Waals surface area contributed by atoms with Crippen molar-refractivity contribution in [3.63, 3.8) is 0 Å². The fraction of sp³-hybridized carbons (Fsp3) is 0.667. The van der Waals surface area contributed by atoms with Crippen LogP contribution in [0.1, 0.15) is 25.7 Å². The molecular weight excluding hydrogens is 286 g/mol. The van der Waals surface area contributed by atoms with Gasteiger partial charge in [0.25, 0.3) is 0 Å². The van der Waals surface area contributed by atoms with Crippen molar-refractivity contribution in [2.45, 2.75) is 30.6 Å². The van der Waals surface area contributed by atoms with Gasteiger partial charge in [0.2, 0.25) is 15.3 Å². The van der Waals surface area contributed by atoms with E-state index in [0.29, 0.717) is 18.4 Å². The topological polar surface area (TPSA) is 72.0 Å². The molecule has 2 aliphatic carbocycles. The van der Waals surface area contributed by atoms with Crippen LogP contribution in [0.15, 0.2) is 17.3 Å². The minimum Gasteiger partial charge on any atom is -0.225 e. The van der Waals surface area contributed by atoms with E-state index < -0.39 is 10.0 Å². The van der Waals surface area contributed by atoms with Crippen LogP contribution < -0.4 is 4.72 Å². The molecule has 0 amide bonds. The second-order valence-corrected chi connectivity index (χ2v) is 7.58. The van der Waals surface area contributed by atoms with Gasteiger partial charge in [-0.25, -0.2) is 23.1 Å². The van der Waals surface area contributed by atoms with Crippen LogP contribution in [0.4, 0.5) is 0 Å². The van der Waals surface area contributed by atoms with E-state index in [0.717, 1.165) is 12.3 Å². The number of fused-ring (bicyclic) bond motifs is 2. The summed E-state index contributed by atoms with van der Waals surface area (Å²) in [6.07, 6.45) is 7.47. The van der Waals surface area contributed by atoms with Crippen LogP contribution in [0, 0.1) is 17.8 Å². The first-order valence-electron chi connectivity index (χ1n) is 6.52. The number of hydrogen-bond donors (Lipinski definition) is 1. The normalized spacial score (nSPS) is 29.8. The predicted octanol–water partition coefficient (Wildman–Crippen LogP) is 1.84. The highest BCUT2D eigenvalue weighted by molar-refractivity contribution is 7.89. The zero-order chi connectivity index (χ0) is 13.5. The molecule has 1 N–H and O–H groups in total. The van der Waals surface area contributed by atoms with E-state index in [4.69, 9.17) is 11.6 Å². The van der Waals surface area contributed by atoms with E-state index in [1.165, 1.54) is 31.7 Å². The minimum atomic E-state index is -3.51. The van der Waals surface area contributed by atoms with E-state index in [9.17, 15) is 8.42 Å². The lowest BCUT2D eigenvalue weighted by Crippen LogP contribution is -2.31. The number of hydrogen-bond acceptors (Lipinski definition) is 4. The van der Waals surface area contributed by atoms with Crippen LogP contribution in [-0.4, -0.2) is 24.9 Å². The molecular formula is C12H16ClN3O2S. The molecule has 0 aliphatic heterocycles. The van der Waals surface area contributed by atoms with Crippen molar-refractivity contribution in [2.75, 3.05) is 6.54 Å². The third-order valence-electron chi connectivity index (χ3n) is 4.33. The highest BCUT2D eigenvalue weighted by Crippen LogP contribution is 2.48. The molecule has 3 atom stereocenters. The first-order valence-corrected chi connectivity index (χ1v) is 8.38. The maximum absolute atomic E-state index is 12.1. The first-order chi connectivity index (χ1) is 9.04. The van der Waals surface area contributed by atoms with Gasteiger partial charge in [0.05, 0.1) is 12.4 Å². The van der Waals surface area contributed by atoms with Gasteiger partial charge in [-0.1, -0.05) is 6.42 Å². The molecule has 3 rings (SSSR count). The SMILES string of the molecule is O=S(=O)(NCC1CC2CCC1C2)c1cnc(Cl)nc1. The zero-order valence-electron chi connectivity index (χ0n) is 10.4. The van der Waals surface area contributed by atoms with Gasteiger partial charge in [-0.15, -0.1) is 0 Å². The molecule has 7 heteroatoms. The minimum absolute atomic E-state index is 0.0482. The Bertz CT molecular complexity index is 561. The van der Waals surface area contributed by atoms with E-state index in [1.807, 2.05) is 0 Å². The third kappa shape index (κ3) is 2.75. The van der Waals surface area contributed by atoms with Crippen molar-refractivity contribution in [2.24, 2.45) is 17.8 Å². The number of sulfonamides is 1. The Hall–Kier alpha value is -0.720. The van der Waals surface area contributed by atoms with Gasteiger partial charge in [-0.3, -0.25) is 0 Å². The zero-order valence-corrected chi connectivity index (χ0v) is 12.0. The Kier molecular flexibility index (Phi) is 3.49. The van der Waals surface area contributed by atoms with Gasteiger partial charge in [-0.05, 0) is 48.6 Å². The summed E-state index contributed by atoms with van der Waals surface area (Å²) < 4.78 is 26.8. The van der Waals surface area contributed by atoms with Crippen LogP contribution in [0.2, 0.25) is 5.28 Å². The van der Waals surface area contributed by atoms with Crippen molar-refractivity contribution < 1.29 is 8.42 Å². The second kappa shape index (κ2) is 5.00. The molecule has 5 nitrogen and oxygen atoms in total. The second-order valence-electron chi connectivity index (χ2n) is 5.47. The molecule has 1 aromatic rings. The molecule has 0 aromatic carbocycles. The molecule has 2 aliphatic rings. The van der Waals surface area contributed by atoms with E-state index in [-0.39, 0.29) is 10.2 Å². The number of rotatable bonds is 4. The molecule has 0 spiro atoms. The molecule has 2 fully saturated rings. The fourth-order valence-corrected chi connectivity index (χ4v) is 4.45. The van der Waals surface area contributed by atoms with Gasteiger partial charge in [0.15, 0.2) is 0 Å². The summed E-state index contributed by atoms with van der Waals surface area (Å²) >= 11 is 5.55. The monoisotopic (exact) mass is 301 g/mol. The van der Waals surface area contributed by atoms with E-state index >= 15 is 0 Å². The predicted molar refractivity (Wildman–Crippen MR) is 71.2 cm³/mol. The molecule has 2 bridgehead atoms. The summed E-state index contributed by atoms with van der Waals surface area (Å²) in [5.74, 6) is 2.01. The van der Waals surface area contributed by atoms with E-state index in [2.05, 4.69) is 14.7 Å². The Morgan fingerprint density at radius 3 is 2.58 bits per heavy atom. The lowest BCUT2D eigenvalue weighted by atomic mass is 9.89. The smallest absolute Gasteiger partial charge is 0.225 e. The van der Waals surface area contributed by atoms with Crippen LogP contribution in [0.5, 0.6) is 0 Å². The number of nitrogens with one attached hydrogen (secondary N) is 1. The maximum atomic E-state index is 12.1. The maximum Gasteiger partial charge on any atom is 0.243 e. The summed E-state index contributed by atoms with van der Waals surface area (Å²) in [7, 11) is -3.51. The van der Waals surface area contributed by atoms with Crippen LogP contribution >= 0.6 is 11.6 Å². The van der Waals surface area contributed by atoms with Crippen LogP contribution in [-0.2, 0) is 10.0 Å². The number of aromatic nitrogens is 2. The van der Waals surface area contributed by atoms with Crippen molar-refractivity contribution in [1.82, 2.24) is 14.7 Å². The van der Waals surface area contributed by atoms with E-state index in [1.54, 1.807) is 0 Å². The average molecular weight is 302 g/mol. The first kappa shape index (κ1) is 13.3. The van der Waals surface area contributed by atoms with Gasteiger partial charge >= 0.3 is 0 Å². The Morgan fingerprint density at radius 2 is 2.00 bits per heavy atom. The lowest BCUT2D eigenvalue weighted by Gasteiger charge is -2.21. The van der Waals surface area contributed by atoms with Crippen molar-refractivity contribution in [1.29, 1.82) is 0 Å². The summed E-state index contributed by atoms with van der Waals surface area (Å²) in [6.45, 7) is 0.520. The quantitative estimate of drug-likeness (QED) is 0.861. The van der Waals surface area contributed by atoms with Crippen molar-refractivity contribution in [3.05, 3.63) is 17.7 Å². The standard InChI is InChI=1S/C12H16ClN3O2S/c13-12-14-6-11(7-15-12)19(17,18)16-5-10-4-8-1-2-9(10)3-8/h6-10,16H,1-5H2. The highest BCUT2D eigenvalue weighted by atomic mass is 35.5. The van der Waals surface area contributed by atoms with Crippen molar-refractivity contribution >= 4 is 21.6 Å². The molecule has 104 valence electrons. The molecule has 1 aromatic heterocycles. The summed E-state index contributed by atoms with van der Waals surface area (Å²) in [5.41, 5.74) is 0. The summed E-state index contributed by atoms with van der Waals surface area (Å²) in [4.78, 5) is 7.47. The fourth-order valence-electron chi connectivity index (χ4n) is 3.37. The molecule has 1 heterocycles. The lowest BCUT2D eigenvalue weighted by molar-refractivity contribution is 0.333. The Morgan fingerprint density at radius 1 is 1.26 bits per heavy atom. The van der Waals surface area contributed by atoms with Gasteiger partial charge in [0.1, 0.15) is 4.90 Å². The summed E-state index contributed by atoms with van der Waals surface area (Å²) in [6, 6.07) is 0. The third-order valence-corrected chi connectivity index (χ3v) is 5.90. The average Bonchev–Trinajstić information content (AvgIpc) is 2.99. The van der Waals surface area contributed by atoms with Gasteiger partial charge < -0.3 is 0 Å². The molecule has 2 saturated carbocycles. The van der Waals surface area contributed by atoms with Crippen LogP contribution in [0.3, 0.4) is 0 Å². The largest absolute Gasteiger partial charge is 0.243 e. The van der Waals surface area contributed by atoms with Crippen molar-refractivity contribution in [3.8, 4) is 0 Å². The highest BCUT2D eigenvalue weighted by Gasteiger charge is 2.39. The molecule has 3 unspecified atom stereocenters. The Labute approximate surface area is 117 Å². The Balaban J connectivity index is 1.64. The number of nitrogens with zero attached hydrogens (tertiary/aromatic N) is 2. The molecule has 0 radical (unpaired) electrons. The number of halogens is 1. The summed E-state index contributed by atoms with van der Waals surface area (Å²) in [5, 5.41) is 0.0482. The molecule has 19 heavy (non-hydrogen) atoms. The van der Waals surface area contributed by atoms with Gasteiger partial charge in [0, 0.05) is 6.54 Å². The van der Waals surface area contributed by atoms with Gasteiger partial charge in [-0.2, -0.15) is 0 Å². The van der Waals surface area contributed by atoms with Crippen LogP contribution in [0.25, 0.3) is 0 Å². The molecule has 0 saturated heterocycles.